The van der Waals surface area contributed by atoms with Crippen molar-refractivity contribution in [3.05, 3.63) is 24.3 Å². The van der Waals surface area contributed by atoms with Crippen LogP contribution in [0.4, 0.5) is 0 Å². The summed E-state index contributed by atoms with van der Waals surface area (Å²) in [5.41, 5.74) is 1.20. The number of ketones is 1. The van der Waals surface area contributed by atoms with E-state index in [1.165, 1.54) is 0 Å². The van der Waals surface area contributed by atoms with E-state index in [9.17, 15) is 4.79 Å². The van der Waals surface area contributed by atoms with E-state index in [2.05, 4.69) is 27.4 Å². The fourth-order valence-electron chi connectivity index (χ4n) is 2.60. The van der Waals surface area contributed by atoms with Gasteiger partial charge in [-0.3, -0.25) is 4.79 Å². The Labute approximate surface area is 99.6 Å². The molecule has 0 aliphatic heterocycles. The topological polar surface area (TPSA) is 17.1 Å². The quantitative estimate of drug-likeness (QED) is 0.516. The highest BCUT2D eigenvalue weighted by molar-refractivity contribution is 5.94. The molecule has 0 spiro atoms. The van der Waals surface area contributed by atoms with Crippen LogP contribution < -0.4 is 0 Å². The van der Waals surface area contributed by atoms with Crippen molar-refractivity contribution in [2.75, 3.05) is 0 Å². The first-order valence-electron chi connectivity index (χ1n) is 6.29. The van der Waals surface area contributed by atoms with E-state index in [1.807, 2.05) is 13.0 Å². The first-order valence-corrected chi connectivity index (χ1v) is 6.29. The maximum absolute atomic E-state index is 12.2. The van der Waals surface area contributed by atoms with Gasteiger partial charge in [-0.15, -0.1) is 0 Å². The predicted octanol–water partition coefficient (Wildman–Crippen LogP) is 4.15. The standard InChI is InChI=1S/C15H24O/c1-6-7-8-13(16)14-12(3)11(2)9-10-15(14,4)5/h7-8,11,14H,3,6,9-10H2,1-2,4-5H3. The molecule has 1 heteroatoms. The van der Waals surface area contributed by atoms with Crippen LogP contribution in [0, 0.1) is 17.3 Å². The van der Waals surface area contributed by atoms with E-state index >= 15 is 0 Å². The lowest BCUT2D eigenvalue weighted by molar-refractivity contribution is -0.121. The molecule has 1 aliphatic rings. The van der Waals surface area contributed by atoms with Crippen LogP contribution in [0.2, 0.25) is 0 Å². The van der Waals surface area contributed by atoms with Crippen molar-refractivity contribution in [3.8, 4) is 0 Å². The minimum absolute atomic E-state index is 0.0130. The molecule has 0 amide bonds. The Morgan fingerprint density at radius 1 is 1.56 bits per heavy atom. The third kappa shape index (κ3) is 2.63. The molecule has 0 N–H and O–H groups in total. The fraction of sp³-hybridized carbons (Fsp3) is 0.667. The lowest BCUT2D eigenvalue weighted by Gasteiger charge is -2.41. The molecule has 0 bridgehead atoms. The van der Waals surface area contributed by atoms with Crippen LogP contribution in [0.1, 0.15) is 47.0 Å². The van der Waals surface area contributed by atoms with E-state index in [4.69, 9.17) is 0 Å². The molecule has 0 saturated heterocycles. The molecule has 0 heterocycles. The van der Waals surface area contributed by atoms with Crippen LogP contribution in [0.25, 0.3) is 0 Å². The first kappa shape index (κ1) is 13.2. The van der Waals surface area contributed by atoms with Crippen molar-refractivity contribution in [3.63, 3.8) is 0 Å². The van der Waals surface area contributed by atoms with Crippen LogP contribution in [0.3, 0.4) is 0 Å². The van der Waals surface area contributed by atoms with Crippen LogP contribution in [0.15, 0.2) is 24.3 Å². The van der Waals surface area contributed by atoms with Crippen LogP contribution in [0.5, 0.6) is 0 Å². The van der Waals surface area contributed by atoms with E-state index in [0.717, 1.165) is 24.8 Å². The molecule has 0 aromatic carbocycles. The minimum Gasteiger partial charge on any atom is -0.294 e. The van der Waals surface area contributed by atoms with Crippen LogP contribution >= 0.6 is 0 Å². The highest BCUT2D eigenvalue weighted by Crippen LogP contribution is 2.46. The van der Waals surface area contributed by atoms with Crippen LogP contribution in [-0.4, -0.2) is 5.78 Å². The summed E-state index contributed by atoms with van der Waals surface area (Å²) in [4.78, 5) is 12.2. The van der Waals surface area contributed by atoms with Gasteiger partial charge in [-0.25, -0.2) is 0 Å². The lowest BCUT2D eigenvalue weighted by Crippen LogP contribution is -2.37. The second kappa shape index (κ2) is 4.99. The summed E-state index contributed by atoms with van der Waals surface area (Å²) in [5.74, 6) is 0.736. The number of rotatable bonds is 3. The summed E-state index contributed by atoms with van der Waals surface area (Å²) in [6.07, 6.45) is 6.89. The van der Waals surface area contributed by atoms with Gasteiger partial charge < -0.3 is 0 Å². The fourth-order valence-corrected chi connectivity index (χ4v) is 2.60. The molecule has 1 rings (SSSR count). The average Bonchev–Trinajstić information content (AvgIpc) is 2.21. The Kier molecular flexibility index (Phi) is 4.12. The second-order valence-electron chi connectivity index (χ2n) is 5.65. The Bertz CT molecular complexity index is 309. The van der Waals surface area contributed by atoms with Crippen molar-refractivity contribution in [2.45, 2.75) is 47.0 Å². The zero-order chi connectivity index (χ0) is 12.3. The predicted molar refractivity (Wildman–Crippen MR) is 69.2 cm³/mol. The van der Waals surface area contributed by atoms with E-state index in [-0.39, 0.29) is 17.1 Å². The van der Waals surface area contributed by atoms with Gasteiger partial charge in [-0.2, -0.15) is 0 Å². The van der Waals surface area contributed by atoms with Gasteiger partial charge in [0.25, 0.3) is 0 Å². The van der Waals surface area contributed by atoms with Crippen molar-refractivity contribution in [1.29, 1.82) is 0 Å². The van der Waals surface area contributed by atoms with Crippen molar-refractivity contribution >= 4 is 5.78 Å². The first-order chi connectivity index (χ1) is 7.40. The largest absolute Gasteiger partial charge is 0.294 e. The van der Waals surface area contributed by atoms with Crippen molar-refractivity contribution in [2.24, 2.45) is 17.3 Å². The minimum atomic E-state index is 0.0130. The maximum atomic E-state index is 12.2. The third-order valence-electron chi connectivity index (χ3n) is 3.81. The monoisotopic (exact) mass is 220 g/mol. The Hall–Kier alpha value is -0.850. The number of carbonyl (C=O) groups excluding carboxylic acids is 1. The van der Waals surface area contributed by atoms with Gasteiger partial charge in [0, 0.05) is 5.92 Å². The SMILES string of the molecule is C=C1C(C)CCC(C)(C)C1C(=O)C=CCC. The highest BCUT2D eigenvalue weighted by atomic mass is 16.1. The molecule has 0 aromatic rings. The number of hydrogen-bond donors (Lipinski definition) is 0. The van der Waals surface area contributed by atoms with Gasteiger partial charge in [0.15, 0.2) is 5.78 Å². The molecule has 2 unspecified atom stereocenters. The molecular formula is C15H24O. The molecule has 90 valence electrons. The molecule has 0 aromatic heterocycles. The zero-order valence-electron chi connectivity index (χ0n) is 11.0. The van der Waals surface area contributed by atoms with Gasteiger partial charge in [0.2, 0.25) is 0 Å². The Morgan fingerprint density at radius 2 is 2.19 bits per heavy atom. The third-order valence-corrected chi connectivity index (χ3v) is 3.81. The summed E-state index contributed by atoms with van der Waals surface area (Å²) in [5, 5.41) is 0. The van der Waals surface area contributed by atoms with Gasteiger partial charge in [0.05, 0.1) is 0 Å². The summed E-state index contributed by atoms with van der Waals surface area (Å²) < 4.78 is 0. The lowest BCUT2D eigenvalue weighted by atomic mass is 9.62. The molecule has 2 atom stereocenters. The summed E-state index contributed by atoms with van der Waals surface area (Å²) in [7, 11) is 0. The second-order valence-corrected chi connectivity index (χ2v) is 5.65. The molecule has 0 radical (unpaired) electrons. The molecule has 1 fully saturated rings. The van der Waals surface area contributed by atoms with Crippen molar-refractivity contribution < 1.29 is 4.79 Å². The van der Waals surface area contributed by atoms with Gasteiger partial charge >= 0.3 is 0 Å². The molecule has 1 nitrogen and oxygen atoms in total. The van der Waals surface area contributed by atoms with E-state index in [0.29, 0.717) is 5.92 Å². The van der Waals surface area contributed by atoms with Crippen molar-refractivity contribution in [1.82, 2.24) is 0 Å². The Morgan fingerprint density at radius 3 is 2.75 bits per heavy atom. The van der Waals surface area contributed by atoms with Crippen LogP contribution in [-0.2, 0) is 4.79 Å². The summed E-state index contributed by atoms with van der Waals surface area (Å²) >= 11 is 0. The van der Waals surface area contributed by atoms with Gasteiger partial charge in [-0.05, 0) is 36.7 Å². The number of allylic oxidation sites excluding steroid dienone is 3. The number of carbonyl (C=O) groups is 1. The average molecular weight is 220 g/mol. The molecular weight excluding hydrogens is 196 g/mol. The molecule has 1 saturated carbocycles. The summed E-state index contributed by atoms with van der Waals surface area (Å²) in [6, 6.07) is 0. The normalized spacial score (nSPS) is 29.6. The Balaban J connectivity index is 2.92. The van der Waals surface area contributed by atoms with Gasteiger partial charge in [-0.1, -0.05) is 45.9 Å². The van der Waals surface area contributed by atoms with E-state index < -0.39 is 0 Å². The highest BCUT2D eigenvalue weighted by Gasteiger charge is 2.40. The smallest absolute Gasteiger partial charge is 0.163 e. The summed E-state index contributed by atoms with van der Waals surface area (Å²) in [6.45, 7) is 12.8. The van der Waals surface area contributed by atoms with E-state index in [1.54, 1.807) is 6.08 Å². The molecule has 16 heavy (non-hydrogen) atoms. The maximum Gasteiger partial charge on any atom is 0.163 e. The zero-order valence-corrected chi connectivity index (χ0v) is 11.0. The number of hydrogen-bond acceptors (Lipinski definition) is 1. The molecule has 1 aliphatic carbocycles. The van der Waals surface area contributed by atoms with Gasteiger partial charge in [0.1, 0.15) is 0 Å².